The van der Waals surface area contributed by atoms with Gasteiger partial charge in [-0.15, -0.1) is 0 Å². The lowest BCUT2D eigenvalue weighted by molar-refractivity contribution is 0.281. The Balaban J connectivity index is 1.60. The minimum atomic E-state index is 0.149. The maximum atomic E-state index is 8.81. The SMILES string of the molecule is C[C@@H]1CN(/C(N)=N/O)CCN1c1ccc(OCc2ccncc2Br)cn1. The minimum Gasteiger partial charge on any atom is -0.487 e. The summed E-state index contributed by atoms with van der Waals surface area (Å²) in [5.74, 6) is 1.74. The van der Waals surface area contributed by atoms with Crippen molar-refractivity contribution < 1.29 is 9.94 Å². The molecule has 0 unspecified atom stereocenters. The number of ether oxygens (including phenoxy) is 1. The molecule has 1 fully saturated rings. The van der Waals surface area contributed by atoms with Gasteiger partial charge in [-0.2, -0.15) is 0 Å². The minimum absolute atomic E-state index is 0.149. The van der Waals surface area contributed by atoms with Gasteiger partial charge in [-0.05, 0) is 41.1 Å². The number of nitrogens with zero attached hydrogens (tertiary/aromatic N) is 5. The van der Waals surface area contributed by atoms with E-state index in [0.717, 1.165) is 22.4 Å². The zero-order valence-corrected chi connectivity index (χ0v) is 16.0. The second-order valence-corrected chi connectivity index (χ2v) is 6.91. The fourth-order valence-electron chi connectivity index (χ4n) is 2.88. The largest absolute Gasteiger partial charge is 0.487 e. The van der Waals surface area contributed by atoms with Gasteiger partial charge in [-0.1, -0.05) is 5.16 Å². The average molecular weight is 421 g/mol. The maximum absolute atomic E-state index is 8.81. The van der Waals surface area contributed by atoms with E-state index in [-0.39, 0.29) is 12.0 Å². The summed E-state index contributed by atoms with van der Waals surface area (Å²) in [6.45, 7) is 4.62. The molecule has 0 saturated carbocycles. The van der Waals surface area contributed by atoms with Gasteiger partial charge in [0.2, 0.25) is 5.96 Å². The molecule has 1 aliphatic rings. The van der Waals surface area contributed by atoms with Gasteiger partial charge >= 0.3 is 0 Å². The van der Waals surface area contributed by atoms with E-state index >= 15 is 0 Å². The van der Waals surface area contributed by atoms with E-state index in [4.69, 9.17) is 15.7 Å². The van der Waals surface area contributed by atoms with E-state index in [0.29, 0.717) is 25.4 Å². The summed E-state index contributed by atoms with van der Waals surface area (Å²) in [5, 5.41) is 11.9. The number of guanidine groups is 1. The molecule has 1 aliphatic heterocycles. The number of rotatable bonds is 4. The predicted molar refractivity (Wildman–Crippen MR) is 102 cm³/mol. The van der Waals surface area contributed by atoms with Crippen LogP contribution in [0.15, 0.2) is 46.4 Å². The number of pyridine rings is 2. The highest BCUT2D eigenvalue weighted by Crippen LogP contribution is 2.22. The highest BCUT2D eigenvalue weighted by molar-refractivity contribution is 9.10. The van der Waals surface area contributed by atoms with Gasteiger partial charge in [0.05, 0.1) is 6.20 Å². The van der Waals surface area contributed by atoms with Crippen LogP contribution in [0, 0.1) is 0 Å². The molecule has 3 N–H and O–H groups in total. The molecule has 2 aromatic heterocycles. The molecule has 8 nitrogen and oxygen atoms in total. The molecule has 0 amide bonds. The van der Waals surface area contributed by atoms with Gasteiger partial charge in [-0.25, -0.2) is 4.98 Å². The van der Waals surface area contributed by atoms with Crippen molar-refractivity contribution >= 4 is 27.7 Å². The molecule has 9 heteroatoms. The molecule has 2 aromatic rings. The summed E-state index contributed by atoms with van der Waals surface area (Å²) in [6.07, 6.45) is 5.21. The number of nitrogens with two attached hydrogens (primary N) is 1. The lowest BCUT2D eigenvalue weighted by atomic mass is 10.2. The molecule has 0 aromatic carbocycles. The zero-order valence-electron chi connectivity index (χ0n) is 14.4. The first-order valence-electron chi connectivity index (χ1n) is 8.25. The van der Waals surface area contributed by atoms with Crippen molar-refractivity contribution in [1.82, 2.24) is 14.9 Å². The molecule has 0 aliphatic carbocycles. The zero-order chi connectivity index (χ0) is 18.5. The van der Waals surface area contributed by atoms with Crippen LogP contribution in [-0.2, 0) is 6.61 Å². The molecule has 138 valence electrons. The number of oxime groups is 1. The predicted octanol–water partition coefficient (Wildman–Crippen LogP) is 2.03. The Bertz CT molecular complexity index is 770. The van der Waals surface area contributed by atoms with Crippen molar-refractivity contribution in [2.75, 3.05) is 24.5 Å². The smallest absolute Gasteiger partial charge is 0.233 e. The number of piperazine rings is 1. The van der Waals surface area contributed by atoms with Crippen molar-refractivity contribution in [2.24, 2.45) is 10.9 Å². The van der Waals surface area contributed by atoms with Crippen LogP contribution in [-0.4, -0.2) is 51.7 Å². The van der Waals surface area contributed by atoms with Crippen molar-refractivity contribution in [3.8, 4) is 5.75 Å². The average Bonchev–Trinajstić information content (AvgIpc) is 2.67. The molecule has 0 spiro atoms. The van der Waals surface area contributed by atoms with E-state index in [9.17, 15) is 0 Å². The van der Waals surface area contributed by atoms with E-state index in [1.165, 1.54) is 0 Å². The van der Waals surface area contributed by atoms with Crippen molar-refractivity contribution in [3.63, 3.8) is 0 Å². The van der Waals surface area contributed by atoms with Crippen LogP contribution in [0.25, 0.3) is 0 Å². The maximum Gasteiger partial charge on any atom is 0.233 e. The summed E-state index contributed by atoms with van der Waals surface area (Å²) in [7, 11) is 0. The summed E-state index contributed by atoms with van der Waals surface area (Å²) in [6, 6.07) is 5.97. The van der Waals surface area contributed by atoms with Crippen LogP contribution in [0.1, 0.15) is 12.5 Å². The highest BCUT2D eigenvalue weighted by atomic mass is 79.9. The van der Waals surface area contributed by atoms with Crippen molar-refractivity contribution in [3.05, 3.63) is 46.8 Å². The number of aromatic nitrogens is 2. The second kappa shape index (κ2) is 8.22. The molecule has 1 atom stereocenters. The first kappa shape index (κ1) is 18.2. The third kappa shape index (κ3) is 4.16. The molecule has 0 radical (unpaired) electrons. The van der Waals surface area contributed by atoms with Crippen LogP contribution in [0.2, 0.25) is 0 Å². The first-order chi connectivity index (χ1) is 12.6. The first-order valence-corrected chi connectivity index (χ1v) is 9.04. The van der Waals surface area contributed by atoms with E-state index in [1.54, 1.807) is 18.6 Å². The normalized spacial score (nSPS) is 18.1. The molecule has 26 heavy (non-hydrogen) atoms. The van der Waals surface area contributed by atoms with E-state index < -0.39 is 0 Å². The standard InChI is InChI=1S/C17H21BrN6O2/c1-12-10-23(17(19)22-25)6-7-24(12)16-3-2-14(8-21-16)26-11-13-4-5-20-9-15(13)18/h2-5,8-9,12,25H,6-7,10-11H2,1H3,(H2,19,22)/t12-/m1/s1. The molecule has 3 rings (SSSR count). The van der Waals surface area contributed by atoms with Gasteiger partial charge in [0.1, 0.15) is 18.2 Å². The van der Waals surface area contributed by atoms with Gasteiger partial charge < -0.3 is 25.5 Å². The lowest BCUT2D eigenvalue weighted by Crippen LogP contribution is -2.55. The summed E-state index contributed by atoms with van der Waals surface area (Å²) in [4.78, 5) is 12.6. The Morgan fingerprint density at radius 2 is 2.23 bits per heavy atom. The molecular weight excluding hydrogens is 400 g/mol. The molecule has 1 saturated heterocycles. The Hall–Kier alpha value is -2.55. The number of hydrogen-bond acceptors (Lipinski definition) is 6. The molecule has 0 bridgehead atoms. The monoisotopic (exact) mass is 420 g/mol. The number of anilines is 1. The third-order valence-electron chi connectivity index (χ3n) is 4.32. The fourth-order valence-corrected chi connectivity index (χ4v) is 3.24. The van der Waals surface area contributed by atoms with E-state index in [2.05, 4.69) is 42.9 Å². The van der Waals surface area contributed by atoms with Crippen LogP contribution in [0.4, 0.5) is 5.82 Å². The quantitative estimate of drug-likeness (QED) is 0.337. The van der Waals surface area contributed by atoms with Gasteiger partial charge in [0, 0.05) is 48.1 Å². The van der Waals surface area contributed by atoms with E-state index in [1.807, 2.05) is 23.1 Å². The lowest BCUT2D eigenvalue weighted by Gasteiger charge is -2.40. The van der Waals surface area contributed by atoms with Crippen LogP contribution >= 0.6 is 15.9 Å². The van der Waals surface area contributed by atoms with Crippen LogP contribution in [0.3, 0.4) is 0 Å². The summed E-state index contributed by atoms with van der Waals surface area (Å²) >= 11 is 3.46. The van der Waals surface area contributed by atoms with Crippen LogP contribution in [0.5, 0.6) is 5.75 Å². The van der Waals surface area contributed by atoms with Crippen LogP contribution < -0.4 is 15.4 Å². The number of halogens is 1. The summed E-state index contributed by atoms with van der Waals surface area (Å²) < 4.78 is 6.72. The van der Waals surface area contributed by atoms with Gasteiger partial charge in [0.15, 0.2) is 0 Å². The summed E-state index contributed by atoms with van der Waals surface area (Å²) in [5.41, 5.74) is 6.70. The third-order valence-corrected chi connectivity index (χ3v) is 5.03. The topological polar surface area (TPSA) is 100 Å². The Morgan fingerprint density at radius 3 is 2.88 bits per heavy atom. The molecule has 3 heterocycles. The van der Waals surface area contributed by atoms with Crippen molar-refractivity contribution in [1.29, 1.82) is 0 Å². The number of hydrogen-bond donors (Lipinski definition) is 2. The Morgan fingerprint density at radius 1 is 1.38 bits per heavy atom. The Kier molecular flexibility index (Phi) is 5.77. The van der Waals surface area contributed by atoms with Gasteiger partial charge in [-0.3, -0.25) is 4.98 Å². The highest BCUT2D eigenvalue weighted by Gasteiger charge is 2.25. The second-order valence-electron chi connectivity index (χ2n) is 6.05. The van der Waals surface area contributed by atoms with Crippen molar-refractivity contribution in [2.45, 2.75) is 19.6 Å². The fraction of sp³-hybridized carbons (Fsp3) is 0.353. The van der Waals surface area contributed by atoms with Gasteiger partial charge in [0.25, 0.3) is 0 Å². The molecular formula is C17H21BrN6O2. The Labute approximate surface area is 160 Å².